The molecule has 158 valence electrons. The molecule has 0 radical (unpaired) electrons. The zero-order valence-corrected chi connectivity index (χ0v) is 16.7. The molecule has 0 spiro atoms. The van der Waals surface area contributed by atoms with Crippen LogP contribution in [0.5, 0.6) is 5.75 Å². The molecule has 2 aromatic carbocycles. The van der Waals surface area contributed by atoms with Crippen LogP contribution in [0.25, 0.3) is 5.76 Å². The number of hydrogen-bond acceptors (Lipinski definition) is 5. The topological polar surface area (TPSA) is 80.0 Å². The number of benzene rings is 2. The van der Waals surface area contributed by atoms with Crippen LogP contribution in [0.15, 0.2) is 76.9 Å². The van der Waals surface area contributed by atoms with Crippen molar-refractivity contribution in [2.24, 2.45) is 0 Å². The van der Waals surface area contributed by atoms with Gasteiger partial charge in [-0.05, 0) is 49.4 Å². The first kappa shape index (κ1) is 20.4. The lowest BCUT2D eigenvalue weighted by atomic mass is 9.95. The minimum absolute atomic E-state index is 0.0450. The molecule has 31 heavy (non-hydrogen) atoms. The minimum atomic E-state index is -1.10. The first-order valence-electron chi connectivity index (χ1n) is 9.79. The molecule has 0 bridgehead atoms. The lowest BCUT2D eigenvalue weighted by Gasteiger charge is -2.24. The lowest BCUT2D eigenvalue weighted by molar-refractivity contribution is -0.140. The van der Waals surface area contributed by atoms with Gasteiger partial charge in [0.2, 0.25) is 0 Å². The van der Waals surface area contributed by atoms with E-state index in [9.17, 15) is 19.1 Å². The quantitative estimate of drug-likeness (QED) is 0.362. The summed E-state index contributed by atoms with van der Waals surface area (Å²) in [6.45, 7) is 2.29. The number of hydrogen-bond donors (Lipinski definition) is 1. The summed E-state index contributed by atoms with van der Waals surface area (Å²) in [4.78, 5) is 27.0. The highest BCUT2D eigenvalue weighted by Crippen LogP contribution is 2.41. The van der Waals surface area contributed by atoms with Crippen molar-refractivity contribution in [3.63, 3.8) is 0 Å². The van der Waals surface area contributed by atoms with Gasteiger partial charge in [-0.3, -0.25) is 9.59 Å². The van der Waals surface area contributed by atoms with Gasteiger partial charge in [0, 0.05) is 11.1 Å². The third-order valence-corrected chi connectivity index (χ3v) is 5.08. The molecular weight excluding hydrogens is 401 g/mol. The largest absolute Gasteiger partial charge is 0.507 e. The highest BCUT2D eigenvalue weighted by Gasteiger charge is 2.47. The van der Waals surface area contributed by atoms with Gasteiger partial charge in [0.1, 0.15) is 23.1 Å². The van der Waals surface area contributed by atoms with E-state index in [1.165, 1.54) is 29.4 Å². The fourth-order valence-electron chi connectivity index (χ4n) is 3.66. The second kappa shape index (κ2) is 8.47. The molecule has 1 atom stereocenters. The Labute approximate surface area is 178 Å². The van der Waals surface area contributed by atoms with Crippen LogP contribution < -0.4 is 4.74 Å². The third-order valence-electron chi connectivity index (χ3n) is 5.08. The Kier molecular flexibility index (Phi) is 5.58. The molecule has 7 heteroatoms. The van der Waals surface area contributed by atoms with Gasteiger partial charge in [0.05, 0.1) is 31.0 Å². The number of aliphatic hydroxyl groups is 1. The summed E-state index contributed by atoms with van der Waals surface area (Å²) in [6.07, 6.45) is 1.45. The van der Waals surface area contributed by atoms with Gasteiger partial charge in [-0.1, -0.05) is 18.2 Å². The van der Waals surface area contributed by atoms with E-state index in [1.54, 1.807) is 42.5 Å². The van der Waals surface area contributed by atoms with E-state index in [0.717, 1.165) is 0 Å². The number of aliphatic hydroxyl groups excluding tert-OH is 1. The zero-order valence-electron chi connectivity index (χ0n) is 16.7. The van der Waals surface area contributed by atoms with E-state index in [-0.39, 0.29) is 23.4 Å². The maximum absolute atomic E-state index is 14.7. The molecule has 0 aliphatic carbocycles. The Morgan fingerprint density at radius 2 is 1.84 bits per heavy atom. The summed E-state index contributed by atoms with van der Waals surface area (Å²) >= 11 is 0. The molecule has 1 aliphatic heterocycles. The van der Waals surface area contributed by atoms with Gasteiger partial charge >= 0.3 is 0 Å². The summed E-state index contributed by atoms with van der Waals surface area (Å²) < 4.78 is 25.4. The van der Waals surface area contributed by atoms with Gasteiger partial charge in [-0.2, -0.15) is 0 Å². The van der Waals surface area contributed by atoms with Crippen molar-refractivity contribution in [1.29, 1.82) is 0 Å². The predicted molar refractivity (Wildman–Crippen MR) is 111 cm³/mol. The zero-order chi connectivity index (χ0) is 22.0. The molecule has 1 amide bonds. The summed E-state index contributed by atoms with van der Waals surface area (Å²) in [5, 5.41) is 11.0. The monoisotopic (exact) mass is 421 g/mol. The fourth-order valence-corrected chi connectivity index (χ4v) is 3.66. The number of rotatable bonds is 6. The Morgan fingerprint density at radius 3 is 2.48 bits per heavy atom. The van der Waals surface area contributed by atoms with Gasteiger partial charge in [0.25, 0.3) is 11.7 Å². The number of carbonyl (C=O) groups is 2. The van der Waals surface area contributed by atoms with Crippen LogP contribution in [-0.4, -0.2) is 28.3 Å². The van der Waals surface area contributed by atoms with E-state index in [1.807, 2.05) is 6.92 Å². The Morgan fingerprint density at radius 1 is 1.10 bits per heavy atom. The van der Waals surface area contributed by atoms with Crippen molar-refractivity contribution < 1.29 is 28.2 Å². The Hall–Kier alpha value is -3.87. The van der Waals surface area contributed by atoms with Gasteiger partial charge in [0.15, 0.2) is 0 Å². The van der Waals surface area contributed by atoms with Crippen LogP contribution in [0, 0.1) is 5.82 Å². The average molecular weight is 421 g/mol. The number of Topliss-reactive ketones (excluding diaryl/α,β-unsaturated/α-hetero) is 1. The molecule has 6 nitrogen and oxygen atoms in total. The van der Waals surface area contributed by atoms with Crippen LogP contribution in [0.3, 0.4) is 0 Å². The second-order valence-corrected chi connectivity index (χ2v) is 6.99. The second-order valence-electron chi connectivity index (χ2n) is 6.99. The first-order valence-corrected chi connectivity index (χ1v) is 9.79. The van der Waals surface area contributed by atoms with Crippen molar-refractivity contribution >= 4 is 17.4 Å². The third kappa shape index (κ3) is 3.82. The van der Waals surface area contributed by atoms with Crippen LogP contribution in [0.2, 0.25) is 0 Å². The van der Waals surface area contributed by atoms with Crippen molar-refractivity contribution in [2.75, 3.05) is 6.61 Å². The minimum Gasteiger partial charge on any atom is -0.507 e. The maximum atomic E-state index is 14.7. The number of furan rings is 1. The standard InChI is InChI=1S/C24H20FNO5/c1-2-30-16-11-9-15(10-12-16)22(27)20-21(18-7-3-4-8-19(18)25)26(24(29)23(20)28)14-17-6-5-13-31-17/h3-13,21,27H,2,14H2,1H3/b22-20+. The van der Waals surface area contributed by atoms with Crippen molar-refractivity contribution in [1.82, 2.24) is 4.90 Å². The average Bonchev–Trinajstić information content (AvgIpc) is 3.37. The summed E-state index contributed by atoms with van der Waals surface area (Å²) in [6, 6.07) is 14.5. The predicted octanol–water partition coefficient (Wildman–Crippen LogP) is 4.44. The Bertz CT molecular complexity index is 1140. The number of carbonyl (C=O) groups excluding carboxylic acids is 2. The SMILES string of the molecule is CCOc1ccc(/C(O)=C2\C(=O)C(=O)N(Cc3ccco3)C2c2ccccc2F)cc1. The van der Waals surface area contributed by atoms with Crippen LogP contribution in [0.4, 0.5) is 4.39 Å². The van der Waals surface area contributed by atoms with Crippen LogP contribution in [0.1, 0.15) is 29.9 Å². The van der Waals surface area contributed by atoms with E-state index in [4.69, 9.17) is 9.15 Å². The number of halogens is 1. The van der Waals surface area contributed by atoms with Crippen molar-refractivity contribution in [3.8, 4) is 5.75 Å². The molecule has 2 heterocycles. The number of nitrogens with zero attached hydrogens (tertiary/aromatic N) is 1. The van der Waals surface area contributed by atoms with Gasteiger partial charge in [-0.25, -0.2) is 4.39 Å². The molecule has 1 aromatic heterocycles. The summed E-state index contributed by atoms with van der Waals surface area (Å²) in [7, 11) is 0. The molecule has 4 rings (SSSR count). The fraction of sp³-hybridized carbons (Fsp3) is 0.167. The number of likely N-dealkylation sites (tertiary alicyclic amines) is 1. The number of ketones is 1. The normalized spacial score (nSPS) is 17.9. The molecule has 1 N–H and O–H groups in total. The van der Waals surface area contributed by atoms with Crippen LogP contribution in [-0.2, 0) is 16.1 Å². The van der Waals surface area contributed by atoms with Crippen molar-refractivity contribution in [2.45, 2.75) is 19.5 Å². The summed E-state index contributed by atoms with van der Waals surface area (Å²) in [5.41, 5.74) is 0.257. The molecule has 1 unspecified atom stereocenters. The molecule has 1 aliphatic rings. The maximum Gasteiger partial charge on any atom is 0.296 e. The van der Waals surface area contributed by atoms with E-state index in [2.05, 4.69) is 0 Å². The van der Waals surface area contributed by atoms with Gasteiger partial charge in [-0.15, -0.1) is 0 Å². The molecule has 0 saturated carbocycles. The number of ether oxygens (including phenoxy) is 1. The highest BCUT2D eigenvalue weighted by atomic mass is 19.1. The van der Waals surface area contributed by atoms with Gasteiger partial charge < -0.3 is 19.2 Å². The van der Waals surface area contributed by atoms with Crippen molar-refractivity contribution in [3.05, 3.63) is 95.2 Å². The summed E-state index contributed by atoms with van der Waals surface area (Å²) in [5.74, 6) is -1.65. The number of amides is 1. The Balaban J connectivity index is 1.84. The molecule has 1 fully saturated rings. The van der Waals surface area contributed by atoms with E-state index >= 15 is 0 Å². The van der Waals surface area contributed by atoms with Crippen LogP contribution >= 0.6 is 0 Å². The lowest BCUT2D eigenvalue weighted by Crippen LogP contribution is -2.29. The highest BCUT2D eigenvalue weighted by molar-refractivity contribution is 6.46. The van der Waals surface area contributed by atoms with E-state index < -0.39 is 23.5 Å². The first-order chi connectivity index (χ1) is 15.0. The smallest absolute Gasteiger partial charge is 0.296 e. The molecule has 1 saturated heterocycles. The molecular formula is C24H20FNO5. The van der Waals surface area contributed by atoms with E-state index in [0.29, 0.717) is 23.7 Å². The molecule has 3 aromatic rings.